The summed E-state index contributed by atoms with van der Waals surface area (Å²) in [7, 11) is 1.91. The monoisotopic (exact) mass is 189 g/mol. The predicted molar refractivity (Wildman–Crippen MR) is 59.4 cm³/mol. The lowest BCUT2D eigenvalue weighted by atomic mass is 10.1. The van der Waals surface area contributed by atoms with Crippen LogP contribution < -0.4 is 5.32 Å². The van der Waals surface area contributed by atoms with Crippen LogP contribution in [0.3, 0.4) is 0 Å². The molecule has 1 rings (SSSR count). The number of carbonyl (C=O) groups excluding carboxylic acids is 1. The highest BCUT2D eigenvalue weighted by Gasteiger charge is 1.96. The summed E-state index contributed by atoms with van der Waals surface area (Å²) in [6.45, 7) is 2.43. The van der Waals surface area contributed by atoms with E-state index < -0.39 is 0 Å². The zero-order chi connectivity index (χ0) is 10.4. The van der Waals surface area contributed by atoms with E-state index in [4.69, 9.17) is 0 Å². The van der Waals surface area contributed by atoms with Crippen LogP contribution in [0.2, 0.25) is 0 Å². The van der Waals surface area contributed by atoms with Gasteiger partial charge in [0, 0.05) is 12.1 Å². The van der Waals surface area contributed by atoms with Crippen molar-refractivity contribution in [3.63, 3.8) is 0 Å². The number of benzene rings is 1. The Morgan fingerprint density at radius 2 is 2.00 bits per heavy atom. The molecule has 0 fully saturated rings. The summed E-state index contributed by atoms with van der Waals surface area (Å²) in [5.74, 6) is 0.107. The maximum absolute atomic E-state index is 11.0. The second-order valence-corrected chi connectivity index (χ2v) is 3.14. The Balaban J connectivity index is 2.68. The zero-order valence-electron chi connectivity index (χ0n) is 8.58. The second kappa shape index (κ2) is 5.35. The molecule has 1 aromatic rings. The van der Waals surface area contributed by atoms with Crippen molar-refractivity contribution in [2.45, 2.75) is 6.92 Å². The molecule has 74 valence electrons. The van der Waals surface area contributed by atoms with Gasteiger partial charge in [0.25, 0.3) is 0 Å². The van der Waals surface area contributed by atoms with E-state index in [9.17, 15) is 4.79 Å². The summed E-state index contributed by atoms with van der Waals surface area (Å²) >= 11 is 0. The van der Waals surface area contributed by atoms with Gasteiger partial charge in [-0.25, -0.2) is 0 Å². The van der Waals surface area contributed by atoms with Crippen LogP contribution in [0.4, 0.5) is 0 Å². The highest BCUT2D eigenvalue weighted by molar-refractivity contribution is 5.94. The van der Waals surface area contributed by atoms with Crippen molar-refractivity contribution in [2.24, 2.45) is 0 Å². The Kier molecular flexibility index (Phi) is 4.08. The first-order valence-electron chi connectivity index (χ1n) is 4.66. The molecule has 0 aliphatic heterocycles. The molecule has 14 heavy (non-hydrogen) atoms. The number of hydrogen-bond acceptors (Lipinski definition) is 2. The molecular weight excluding hydrogens is 174 g/mol. The largest absolute Gasteiger partial charge is 0.316 e. The van der Waals surface area contributed by atoms with Gasteiger partial charge in [-0.15, -0.1) is 0 Å². The van der Waals surface area contributed by atoms with Crippen LogP contribution in [-0.2, 0) is 0 Å². The van der Waals surface area contributed by atoms with Crippen LogP contribution in [0.1, 0.15) is 22.8 Å². The van der Waals surface area contributed by atoms with E-state index in [-0.39, 0.29) is 5.78 Å². The van der Waals surface area contributed by atoms with Crippen LogP contribution in [-0.4, -0.2) is 19.4 Å². The summed E-state index contributed by atoms with van der Waals surface area (Å²) in [5, 5.41) is 3.03. The van der Waals surface area contributed by atoms with Gasteiger partial charge in [0.15, 0.2) is 5.78 Å². The Morgan fingerprint density at radius 1 is 1.36 bits per heavy atom. The molecule has 0 heterocycles. The zero-order valence-corrected chi connectivity index (χ0v) is 8.58. The molecule has 0 aromatic heterocycles. The number of Topliss-reactive ketones (excluding diaryl/α,β-unsaturated/α-hetero) is 1. The minimum Gasteiger partial charge on any atom is -0.316 e. The maximum Gasteiger partial charge on any atom is 0.159 e. The number of rotatable bonds is 4. The van der Waals surface area contributed by atoms with Gasteiger partial charge >= 0.3 is 0 Å². The minimum absolute atomic E-state index is 0.107. The summed E-state index contributed by atoms with van der Waals surface area (Å²) in [4.78, 5) is 11.0. The average Bonchev–Trinajstić information content (AvgIpc) is 2.19. The van der Waals surface area contributed by atoms with Gasteiger partial charge in [-0.05, 0) is 19.5 Å². The standard InChI is InChI=1S/C12H15NO/c1-10(14)12-7-5-11(6-8-12)4-3-9-13-2/h3-8,13H,9H2,1-2H3. The molecule has 0 aliphatic carbocycles. The minimum atomic E-state index is 0.107. The van der Waals surface area contributed by atoms with Crippen LogP contribution in [0.25, 0.3) is 6.08 Å². The molecule has 2 nitrogen and oxygen atoms in total. The van der Waals surface area contributed by atoms with E-state index in [1.54, 1.807) is 6.92 Å². The van der Waals surface area contributed by atoms with Crippen molar-refractivity contribution in [2.75, 3.05) is 13.6 Å². The Labute approximate surface area is 84.6 Å². The fourth-order valence-electron chi connectivity index (χ4n) is 1.14. The molecule has 1 aromatic carbocycles. The molecule has 0 atom stereocenters. The molecule has 0 saturated heterocycles. The first-order valence-corrected chi connectivity index (χ1v) is 4.66. The number of hydrogen-bond donors (Lipinski definition) is 1. The third-order valence-corrected chi connectivity index (χ3v) is 1.95. The van der Waals surface area contributed by atoms with E-state index in [1.165, 1.54) is 0 Å². The van der Waals surface area contributed by atoms with Gasteiger partial charge < -0.3 is 5.32 Å². The summed E-state index contributed by atoms with van der Waals surface area (Å²) in [6, 6.07) is 7.59. The van der Waals surface area contributed by atoms with Gasteiger partial charge in [0.1, 0.15) is 0 Å². The lowest BCUT2D eigenvalue weighted by Crippen LogP contribution is -2.03. The molecule has 0 bridgehead atoms. The van der Waals surface area contributed by atoms with E-state index in [2.05, 4.69) is 5.32 Å². The van der Waals surface area contributed by atoms with Crippen LogP contribution in [0.5, 0.6) is 0 Å². The van der Waals surface area contributed by atoms with E-state index in [0.29, 0.717) is 0 Å². The molecule has 0 saturated carbocycles. The molecule has 2 heteroatoms. The van der Waals surface area contributed by atoms with Crippen LogP contribution in [0, 0.1) is 0 Å². The van der Waals surface area contributed by atoms with Crippen molar-refractivity contribution >= 4 is 11.9 Å². The lowest BCUT2D eigenvalue weighted by Gasteiger charge is -1.96. The first kappa shape index (κ1) is 10.7. The number of carbonyl (C=O) groups is 1. The summed E-state index contributed by atoms with van der Waals surface area (Å²) in [5.41, 5.74) is 1.88. The normalized spacial score (nSPS) is 10.7. The fourth-order valence-corrected chi connectivity index (χ4v) is 1.14. The highest BCUT2D eigenvalue weighted by atomic mass is 16.1. The average molecular weight is 189 g/mol. The van der Waals surface area contributed by atoms with Crippen molar-refractivity contribution in [3.8, 4) is 0 Å². The quantitative estimate of drug-likeness (QED) is 0.735. The SMILES string of the molecule is CNCC=Cc1ccc(C(C)=O)cc1. The number of nitrogens with one attached hydrogen (secondary N) is 1. The van der Waals surface area contributed by atoms with Crippen LogP contribution in [0.15, 0.2) is 30.3 Å². The predicted octanol–water partition coefficient (Wildman–Crippen LogP) is 2.12. The second-order valence-electron chi connectivity index (χ2n) is 3.14. The Bertz CT molecular complexity index is 325. The van der Waals surface area contributed by atoms with Crippen LogP contribution >= 0.6 is 0 Å². The van der Waals surface area contributed by atoms with Gasteiger partial charge in [0.05, 0.1) is 0 Å². The van der Waals surface area contributed by atoms with E-state index >= 15 is 0 Å². The smallest absolute Gasteiger partial charge is 0.159 e. The fraction of sp³-hybridized carbons (Fsp3) is 0.250. The molecule has 0 spiro atoms. The van der Waals surface area contributed by atoms with Crippen molar-refractivity contribution in [1.82, 2.24) is 5.32 Å². The van der Waals surface area contributed by atoms with Crippen molar-refractivity contribution < 1.29 is 4.79 Å². The van der Waals surface area contributed by atoms with Gasteiger partial charge in [-0.1, -0.05) is 36.4 Å². The first-order chi connectivity index (χ1) is 6.74. The van der Waals surface area contributed by atoms with Crippen molar-refractivity contribution in [1.29, 1.82) is 0 Å². The van der Waals surface area contributed by atoms with E-state index in [1.807, 2.05) is 43.5 Å². The third-order valence-electron chi connectivity index (χ3n) is 1.95. The number of ketones is 1. The molecule has 1 N–H and O–H groups in total. The Morgan fingerprint density at radius 3 is 2.50 bits per heavy atom. The summed E-state index contributed by atoms with van der Waals surface area (Å²) in [6.07, 6.45) is 4.07. The third kappa shape index (κ3) is 3.15. The molecule has 0 amide bonds. The molecule has 0 aliphatic rings. The Hall–Kier alpha value is -1.41. The molecule has 0 radical (unpaired) electrons. The van der Waals surface area contributed by atoms with Gasteiger partial charge in [0.2, 0.25) is 0 Å². The van der Waals surface area contributed by atoms with Gasteiger partial charge in [-0.3, -0.25) is 4.79 Å². The molecular formula is C12H15NO. The van der Waals surface area contributed by atoms with E-state index in [0.717, 1.165) is 17.7 Å². The maximum atomic E-state index is 11.0. The lowest BCUT2D eigenvalue weighted by molar-refractivity contribution is 0.101. The van der Waals surface area contributed by atoms with Gasteiger partial charge in [-0.2, -0.15) is 0 Å². The van der Waals surface area contributed by atoms with Crippen molar-refractivity contribution in [3.05, 3.63) is 41.5 Å². The molecule has 0 unspecified atom stereocenters. The number of likely N-dealkylation sites (N-methyl/N-ethyl adjacent to an activating group) is 1. The highest BCUT2D eigenvalue weighted by Crippen LogP contribution is 2.06. The topological polar surface area (TPSA) is 29.1 Å². The summed E-state index contributed by atoms with van der Waals surface area (Å²) < 4.78 is 0.